The van der Waals surface area contributed by atoms with Gasteiger partial charge in [-0.05, 0) is 0 Å². The average Bonchev–Trinajstić information content (AvgIpc) is 3.38. The molecule has 0 bridgehead atoms. The van der Waals surface area contributed by atoms with E-state index in [4.69, 9.17) is 23.7 Å². The van der Waals surface area contributed by atoms with Crippen molar-refractivity contribution in [3.05, 3.63) is 0 Å². The van der Waals surface area contributed by atoms with Gasteiger partial charge in [0, 0.05) is 39.3 Å². The fraction of sp³-hybridized carbons (Fsp3) is 1.00. The monoisotopic (exact) mass is 355 g/mol. The van der Waals surface area contributed by atoms with E-state index in [9.17, 15) is 0 Å². The average molecular weight is 355 g/mol. The van der Waals surface area contributed by atoms with Crippen LogP contribution >= 0.6 is 0 Å². The highest BCUT2D eigenvalue weighted by atomic mass is 16.6. The first-order valence-corrected chi connectivity index (χ1v) is 9.59. The lowest BCUT2D eigenvalue weighted by Crippen LogP contribution is -2.56. The van der Waals surface area contributed by atoms with Gasteiger partial charge in [0.2, 0.25) is 0 Å². The van der Waals surface area contributed by atoms with E-state index in [-0.39, 0.29) is 6.17 Å². The van der Waals surface area contributed by atoms with Crippen LogP contribution in [-0.2, 0) is 23.7 Å². The van der Waals surface area contributed by atoms with Crippen LogP contribution in [0, 0.1) is 0 Å². The zero-order chi connectivity index (χ0) is 16.6. The largest absolute Gasteiger partial charge is 0.372 e. The molecule has 5 heterocycles. The summed E-state index contributed by atoms with van der Waals surface area (Å²) in [6.45, 7) is 10.2. The third kappa shape index (κ3) is 5.83. The normalized spacial score (nSPS) is 38.9. The van der Waals surface area contributed by atoms with E-state index in [2.05, 4.69) is 15.1 Å². The van der Waals surface area contributed by atoms with Gasteiger partial charge in [-0.2, -0.15) is 0 Å². The Labute approximate surface area is 148 Å². The first-order chi connectivity index (χ1) is 12.3. The van der Waals surface area contributed by atoms with E-state index in [0.717, 1.165) is 72.3 Å². The van der Waals surface area contributed by atoms with Gasteiger partial charge in [0.25, 0.3) is 0 Å². The maximum Gasteiger partial charge on any atom is 0.0937 e. The molecule has 25 heavy (non-hydrogen) atoms. The number of epoxide rings is 5. The predicted octanol–water partition coefficient (Wildman–Crippen LogP) is -1.50. The second-order valence-electron chi connectivity index (χ2n) is 7.87. The van der Waals surface area contributed by atoms with Gasteiger partial charge in [-0.15, -0.1) is 0 Å². The van der Waals surface area contributed by atoms with E-state index >= 15 is 0 Å². The van der Waals surface area contributed by atoms with Gasteiger partial charge in [-0.1, -0.05) is 0 Å². The summed E-state index contributed by atoms with van der Waals surface area (Å²) in [5.41, 5.74) is 0. The third-order valence-electron chi connectivity index (χ3n) is 5.26. The highest BCUT2D eigenvalue weighted by molar-refractivity contribution is 4.88. The lowest BCUT2D eigenvalue weighted by molar-refractivity contribution is 0.0902. The molecule has 1 N–H and O–H groups in total. The number of nitrogens with one attached hydrogen (secondary N) is 1. The molecular formula is C17H29N3O5. The molecule has 0 aliphatic carbocycles. The van der Waals surface area contributed by atoms with Crippen molar-refractivity contribution < 1.29 is 23.7 Å². The van der Waals surface area contributed by atoms with Crippen LogP contribution in [0.4, 0.5) is 0 Å². The zero-order valence-corrected chi connectivity index (χ0v) is 14.7. The van der Waals surface area contributed by atoms with Crippen molar-refractivity contribution in [2.75, 3.05) is 72.3 Å². The van der Waals surface area contributed by atoms with Crippen LogP contribution in [-0.4, -0.2) is 119 Å². The van der Waals surface area contributed by atoms with Crippen molar-refractivity contribution in [1.29, 1.82) is 0 Å². The molecule has 0 radical (unpaired) electrons. The molecule has 5 saturated heterocycles. The van der Waals surface area contributed by atoms with Gasteiger partial charge in [0.15, 0.2) is 0 Å². The predicted molar refractivity (Wildman–Crippen MR) is 88.5 cm³/mol. The molecule has 0 amide bonds. The summed E-state index contributed by atoms with van der Waals surface area (Å²) in [6, 6.07) is 0. The Morgan fingerprint density at radius 1 is 0.680 bits per heavy atom. The first-order valence-electron chi connectivity index (χ1n) is 9.59. The van der Waals surface area contributed by atoms with Crippen LogP contribution in [0.5, 0.6) is 0 Å². The van der Waals surface area contributed by atoms with Crippen LogP contribution < -0.4 is 5.32 Å². The first kappa shape index (κ1) is 16.8. The zero-order valence-electron chi connectivity index (χ0n) is 14.7. The van der Waals surface area contributed by atoms with Gasteiger partial charge < -0.3 is 23.7 Å². The second kappa shape index (κ2) is 7.36. The molecule has 8 nitrogen and oxygen atoms in total. The molecule has 142 valence electrons. The highest BCUT2D eigenvalue weighted by Gasteiger charge is 2.37. The SMILES string of the molecule is C(NC(CN(CC1CO1)CC1CO1)N(CC1CO1)CC1CO1)C1CO1. The molecule has 0 aromatic carbocycles. The van der Waals surface area contributed by atoms with Crippen molar-refractivity contribution in [3.8, 4) is 0 Å². The molecule has 5 rings (SSSR count). The van der Waals surface area contributed by atoms with Crippen LogP contribution in [0.25, 0.3) is 0 Å². The molecule has 8 heteroatoms. The van der Waals surface area contributed by atoms with E-state index in [1.54, 1.807) is 0 Å². The Bertz CT molecular complexity index is 422. The highest BCUT2D eigenvalue weighted by Crippen LogP contribution is 2.20. The van der Waals surface area contributed by atoms with Crippen molar-refractivity contribution in [2.45, 2.75) is 36.7 Å². The smallest absolute Gasteiger partial charge is 0.0937 e. The van der Waals surface area contributed by atoms with Crippen molar-refractivity contribution in [3.63, 3.8) is 0 Å². The topological polar surface area (TPSA) is 81.2 Å². The Hall–Kier alpha value is -0.320. The fourth-order valence-electron chi connectivity index (χ4n) is 3.35. The van der Waals surface area contributed by atoms with Crippen LogP contribution in [0.3, 0.4) is 0 Å². The molecule has 6 unspecified atom stereocenters. The minimum absolute atomic E-state index is 0.273. The van der Waals surface area contributed by atoms with Gasteiger partial charge in [0.1, 0.15) is 0 Å². The Balaban J connectivity index is 1.22. The lowest BCUT2D eigenvalue weighted by atomic mass is 10.2. The molecule has 0 saturated carbocycles. The number of hydrogen-bond donors (Lipinski definition) is 1. The number of nitrogens with zero attached hydrogens (tertiary/aromatic N) is 2. The van der Waals surface area contributed by atoms with Crippen molar-refractivity contribution in [2.24, 2.45) is 0 Å². The summed E-state index contributed by atoms with van der Waals surface area (Å²) < 4.78 is 27.3. The maximum absolute atomic E-state index is 5.49. The second-order valence-corrected chi connectivity index (χ2v) is 7.87. The third-order valence-corrected chi connectivity index (χ3v) is 5.26. The molecule has 0 aromatic rings. The van der Waals surface area contributed by atoms with Crippen molar-refractivity contribution in [1.82, 2.24) is 15.1 Å². The van der Waals surface area contributed by atoms with E-state index in [0.29, 0.717) is 30.5 Å². The van der Waals surface area contributed by atoms with Crippen molar-refractivity contribution >= 4 is 0 Å². The maximum atomic E-state index is 5.49. The molecular weight excluding hydrogens is 326 g/mol. The van der Waals surface area contributed by atoms with Gasteiger partial charge in [-0.25, -0.2) is 0 Å². The Kier molecular flexibility index (Phi) is 4.95. The van der Waals surface area contributed by atoms with Gasteiger partial charge in [0.05, 0.1) is 69.7 Å². The van der Waals surface area contributed by atoms with E-state index in [1.807, 2.05) is 0 Å². The summed E-state index contributed by atoms with van der Waals surface area (Å²) in [5, 5.41) is 3.73. The standard InChI is InChI=1S/C17H29N3O5/c1(12-7-21-12)18-17(20(4-15-10-24-15)5-16-11-25-16)6-19(2-13-8-22-13)3-14-9-23-14/h12-18H,1-11H2. The Morgan fingerprint density at radius 2 is 1.12 bits per heavy atom. The molecule has 0 spiro atoms. The lowest BCUT2D eigenvalue weighted by Gasteiger charge is -2.35. The van der Waals surface area contributed by atoms with Crippen LogP contribution in [0.1, 0.15) is 0 Å². The number of ether oxygens (including phenoxy) is 5. The summed E-state index contributed by atoms with van der Waals surface area (Å²) in [4.78, 5) is 5.00. The molecule has 5 fully saturated rings. The van der Waals surface area contributed by atoms with E-state index in [1.165, 1.54) is 0 Å². The summed E-state index contributed by atoms with van der Waals surface area (Å²) in [5.74, 6) is 0. The molecule has 6 atom stereocenters. The van der Waals surface area contributed by atoms with Gasteiger partial charge in [-0.3, -0.25) is 15.1 Å². The summed E-state index contributed by atoms with van der Waals surface area (Å²) in [6.07, 6.45) is 2.22. The van der Waals surface area contributed by atoms with E-state index < -0.39 is 0 Å². The van der Waals surface area contributed by atoms with Gasteiger partial charge >= 0.3 is 0 Å². The minimum Gasteiger partial charge on any atom is -0.372 e. The van der Waals surface area contributed by atoms with Crippen LogP contribution in [0.15, 0.2) is 0 Å². The quantitative estimate of drug-likeness (QED) is 0.298. The molecule has 5 aliphatic rings. The minimum atomic E-state index is 0.273. The fourth-order valence-corrected chi connectivity index (χ4v) is 3.35. The Morgan fingerprint density at radius 3 is 1.56 bits per heavy atom. The summed E-state index contributed by atoms with van der Waals surface area (Å²) >= 11 is 0. The molecule has 0 aromatic heterocycles. The molecule has 5 aliphatic heterocycles. The van der Waals surface area contributed by atoms with Crippen LogP contribution in [0.2, 0.25) is 0 Å². The number of hydrogen-bond acceptors (Lipinski definition) is 8. The number of rotatable bonds is 14. The summed E-state index contributed by atoms with van der Waals surface area (Å²) in [7, 11) is 0.